The van der Waals surface area contributed by atoms with E-state index >= 15 is 0 Å². The smallest absolute Gasteiger partial charge is 0.258 e. The third-order valence-electron chi connectivity index (χ3n) is 5.22. The van der Waals surface area contributed by atoms with Gasteiger partial charge in [0.05, 0.1) is 6.10 Å². The zero-order valence-corrected chi connectivity index (χ0v) is 13.4. The number of benzene rings is 1. The fourth-order valence-corrected chi connectivity index (χ4v) is 3.74. The van der Waals surface area contributed by atoms with Crippen LogP contribution < -0.4 is 10.1 Å². The number of nitrogens with one attached hydrogen (secondary N) is 1. The molecule has 1 amide bonds. The van der Waals surface area contributed by atoms with Crippen molar-refractivity contribution < 1.29 is 14.3 Å². The van der Waals surface area contributed by atoms with Crippen LogP contribution in [-0.2, 0) is 9.53 Å². The predicted octanol–water partition coefficient (Wildman–Crippen LogP) is 2.84. The molecule has 1 spiro atoms. The maximum absolute atomic E-state index is 12.1. The van der Waals surface area contributed by atoms with E-state index in [1.54, 1.807) is 0 Å². The van der Waals surface area contributed by atoms with Crippen LogP contribution in [0, 0.1) is 12.3 Å². The summed E-state index contributed by atoms with van der Waals surface area (Å²) in [7, 11) is 0. The number of amides is 1. The van der Waals surface area contributed by atoms with Crippen molar-refractivity contribution in [2.75, 3.05) is 13.2 Å². The molecule has 0 heterocycles. The maximum Gasteiger partial charge on any atom is 0.258 e. The number of carbonyl (C=O) groups is 1. The van der Waals surface area contributed by atoms with E-state index in [1.165, 1.54) is 19.3 Å². The molecule has 2 atom stereocenters. The molecule has 1 aromatic carbocycles. The van der Waals surface area contributed by atoms with Gasteiger partial charge in [0.2, 0.25) is 0 Å². The van der Waals surface area contributed by atoms with Crippen molar-refractivity contribution in [3.8, 4) is 5.75 Å². The average molecular weight is 303 g/mol. The Hall–Kier alpha value is -1.55. The fraction of sp³-hybridized carbons (Fsp3) is 0.611. The number of rotatable bonds is 6. The van der Waals surface area contributed by atoms with Gasteiger partial charge in [-0.3, -0.25) is 4.79 Å². The predicted molar refractivity (Wildman–Crippen MR) is 84.9 cm³/mol. The summed E-state index contributed by atoms with van der Waals surface area (Å²) < 4.78 is 11.4. The van der Waals surface area contributed by atoms with Crippen LogP contribution >= 0.6 is 0 Å². The molecule has 22 heavy (non-hydrogen) atoms. The number of para-hydroxylation sites is 1. The molecule has 2 aliphatic carbocycles. The van der Waals surface area contributed by atoms with Crippen molar-refractivity contribution in [1.82, 2.24) is 5.32 Å². The molecule has 2 aliphatic rings. The lowest BCUT2D eigenvalue weighted by atomic mass is 9.51. The Bertz CT molecular complexity index is 539. The molecule has 2 fully saturated rings. The van der Waals surface area contributed by atoms with Gasteiger partial charge < -0.3 is 14.8 Å². The molecule has 0 aromatic heterocycles. The summed E-state index contributed by atoms with van der Waals surface area (Å²) in [6, 6.07) is 8.01. The van der Waals surface area contributed by atoms with Gasteiger partial charge in [0.15, 0.2) is 6.61 Å². The van der Waals surface area contributed by atoms with Crippen molar-refractivity contribution in [3.63, 3.8) is 0 Å². The summed E-state index contributed by atoms with van der Waals surface area (Å²) in [5, 5.41) is 3.14. The van der Waals surface area contributed by atoms with Gasteiger partial charge in [-0.15, -0.1) is 0 Å². The minimum Gasteiger partial charge on any atom is -0.484 e. The lowest BCUT2D eigenvalue weighted by Gasteiger charge is -2.60. The van der Waals surface area contributed by atoms with E-state index in [4.69, 9.17) is 9.47 Å². The van der Waals surface area contributed by atoms with Crippen molar-refractivity contribution >= 4 is 5.91 Å². The van der Waals surface area contributed by atoms with Crippen molar-refractivity contribution in [2.45, 2.75) is 51.7 Å². The molecular formula is C18H25NO3. The standard InChI is InChI=1S/C18H25NO3/c1-3-21-16-11-15(18(16)9-6-10-18)19-17(20)12-22-14-8-5-4-7-13(14)2/h4-5,7-8,15-16H,3,6,9-12H2,1-2H3,(H,19,20)/t15-,16+/m1/s1. The van der Waals surface area contributed by atoms with Gasteiger partial charge in [0.25, 0.3) is 5.91 Å². The number of carbonyl (C=O) groups excluding carboxylic acids is 1. The van der Waals surface area contributed by atoms with E-state index in [1.807, 2.05) is 38.1 Å². The minimum absolute atomic E-state index is 0.0329. The van der Waals surface area contributed by atoms with Crippen molar-refractivity contribution in [3.05, 3.63) is 29.8 Å². The zero-order chi connectivity index (χ0) is 15.6. The molecule has 0 saturated heterocycles. The number of hydrogen-bond donors (Lipinski definition) is 1. The van der Waals surface area contributed by atoms with Gasteiger partial charge in [-0.1, -0.05) is 24.6 Å². The van der Waals surface area contributed by atoms with E-state index in [-0.39, 0.29) is 24.0 Å². The first-order valence-electron chi connectivity index (χ1n) is 8.25. The Labute approximate surface area is 132 Å². The Morgan fingerprint density at radius 1 is 1.36 bits per heavy atom. The van der Waals surface area contributed by atoms with E-state index in [0.717, 1.165) is 24.3 Å². The largest absolute Gasteiger partial charge is 0.484 e. The highest BCUT2D eigenvalue weighted by atomic mass is 16.5. The second kappa shape index (κ2) is 6.29. The average Bonchev–Trinajstić information content (AvgIpc) is 2.43. The van der Waals surface area contributed by atoms with Crippen molar-refractivity contribution in [2.24, 2.45) is 5.41 Å². The first-order valence-corrected chi connectivity index (χ1v) is 8.25. The van der Waals surface area contributed by atoms with Crippen molar-refractivity contribution in [1.29, 1.82) is 0 Å². The lowest BCUT2D eigenvalue weighted by molar-refractivity contribution is -0.176. The summed E-state index contributed by atoms with van der Waals surface area (Å²) in [5.41, 5.74) is 1.25. The van der Waals surface area contributed by atoms with Gasteiger partial charge in [-0.2, -0.15) is 0 Å². The molecule has 2 saturated carbocycles. The Morgan fingerprint density at radius 2 is 2.14 bits per heavy atom. The quantitative estimate of drug-likeness (QED) is 0.879. The van der Waals surface area contributed by atoms with Crippen LogP contribution in [0.1, 0.15) is 38.2 Å². The summed E-state index contributed by atoms with van der Waals surface area (Å²) in [4.78, 5) is 12.1. The van der Waals surface area contributed by atoms with Gasteiger partial charge in [-0.05, 0) is 44.7 Å². The Morgan fingerprint density at radius 3 is 2.77 bits per heavy atom. The molecule has 4 heteroatoms. The molecule has 0 aliphatic heterocycles. The van der Waals surface area contributed by atoms with Crippen LogP contribution in [0.4, 0.5) is 0 Å². The topological polar surface area (TPSA) is 47.6 Å². The summed E-state index contributed by atoms with van der Waals surface area (Å²) in [6.07, 6.45) is 4.84. The number of ether oxygens (including phenoxy) is 2. The summed E-state index contributed by atoms with van der Waals surface area (Å²) in [5.74, 6) is 0.742. The lowest BCUT2D eigenvalue weighted by Crippen LogP contribution is -2.68. The molecular weight excluding hydrogens is 278 g/mol. The second-order valence-corrected chi connectivity index (χ2v) is 6.44. The molecule has 1 aromatic rings. The van der Waals surface area contributed by atoms with E-state index in [2.05, 4.69) is 5.32 Å². The molecule has 120 valence electrons. The normalized spacial score (nSPS) is 25.2. The Kier molecular flexibility index (Phi) is 4.39. The van der Waals surface area contributed by atoms with Crippen LogP contribution in [0.3, 0.4) is 0 Å². The molecule has 0 bridgehead atoms. The number of aryl methyl sites for hydroxylation is 1. The molecule has 1 N–H and O–H groups in total. The van der Waals surface area contributed by atoms with Crippen LogP contribution in [0.5, 0.6) is 5.75 Å². The summed E-state index contributed by atoms with van der Waals surface area (Å²) >= 11 is 0. The van der Waals surface area contributed by atoms with Gasteiger partial charge in [0.1, 0.15) is 5.75 Å². The van der Waals surface area contributed by atoms with Crippen LogP contribution in [-0.4, -0.2) is 31.3 Å². The van der Waals surface area contributed by atoms with E-state index in [9.17, 15) is 4.79 Å². The van der Waals surface area contributed by atoms with E-state index < -0.39 is 0 Å². The van der Waals surface area contributed by atoms with Gasteiger partial charge in [0, 0.05) is 18.1 Å². The molecule has 3 rings (SSSR count). The fourth-order valence-electron chi connectivity index (χ4n) is 3.74. The van der Waals surface area contributed by atoms with Gasteiger partial charge >= 0.3 is 0 Å². The first-order chi connectivity index (χ1) is 10.7. The first kappa shape index (κ1) is 15.3. The third kappa shape index (κ3) is 2.72. The maximum atomic E-state index is 12.1. The van der Waals surface area contributed by atoms with E-state index in [0.29, 0.717) is 6.10 Å². The Balaban J connectivity index is 1.49. The highest BCUT2D eigenvalue weighted by molar-refractivity contribution is 5.78. The highest BCUT2D eigenvalue weighted by Gasteiger charge is 2.59. The third-order valence-corrected chi connectivity index (χ3v) is 5.22. The van der Waals surface area contributed by atoms with Crippen LogP contribution in [0.2, 0.25) is 0 Å². The molecule has 0 radical (unpaired) electrons. The zero-order valence-electron chi connectivity index (χ0n) is 13.4. The molecule has 4 nitrogen and oxygen atoms in total. The van der Waals surface area contributed by atoms with Gasteiger partial charge in [-0.25, -0.2) is 0 Å². The number of hydrogen-bond acceptors (Lipinski definition) is 3. The van der Waals surface area contributed by atoms with Crippen LogP contribution in [0.25, 0.3) is 0 Å². The SMILES string of the molecule is CCO[C@H]1C[C@@H](NC(=O)COc2ccccc2C)C12CCC2. The minimum atomic E-state index is -0.0329. The van der Waals surface area contributed by atoms with Crippen LogP contribution in [0.15, 0.2) is 24.3 Å². The second-order valence-electron chi connectivity index (χ2n) is 6.44. The molecule has 0 unspecified atom stereocenters. The highest BCUT2D eigenvalue weighted by Crippen LogP contribution is 2.57. The summed E-state index contributed by atoms with van der Waals surface area (Å²) in [6.45, 7) is 4.85. The monoisotopic (exact) mass is 303 g/mol.